The van der Waals surface area contributed by atoms with Crippen molar-refractivity contribution in [3.8, 4) is 0 Å². The van der Waals surface area contributed by atoms with E-state index in [2.05, 4.69) is 21.8 Å². The van der Waals surface area contributed by atoms with E-state index in [9.17, 15) is 0 Å². The molecule has 0 aromatic carbocycles. The van der Waals surface area contributed by atoms with Gasteiger partial charge in [-0.05, 0) is 7.05 Å². The highest BCUT2D eigenvalue weighted by Gasteiger charge is 2.12. The number of nitrogens with zero attached hydrogens (tertiary/aromatic N) is 2. The maximum Gasteiger partial charge on any atom is 0.108 e. The molecule has 0 saturated heterocycles. The van der Waals surface area contributed by atoms with Crippen molar-refractivity contribution < 1.29 is 4.74 Å². The summed E-state index contributed by atoms with van der Waals surface area (Å²) in [5, 5.41) is 3.16. The van der Waals surface area contributed by atoms with Gasteiger partial charge >= 0.3 is 0 Å². The van der Waals surface area contributed by atoms with Crippen molar-refractivity contribution in [1.82, 2.24) is 14.9 Å². The fourth-order valence-electron chi connectivity index (χ4n) is 1.62. The third kappa shape index (κ3) is 2.56. The van der Waals surface area contributed by atoms with Gasteiger partial charge in [-0.15, -0.1) is 0 Å². The Morgan fingerprint density at radius 2 is 2.43 bits per heavy atom. The number of imidazole rings is 1. The van der Waals surface area contributed by atoms with Crippen LogP contribution in [-0.2, 0) is 11.2 Å². The summed E-state index contributed by atoms with van der Waals surface area (Å²) >= 11 is 0. The topological polar surface area (TPSA) is 39.1 Å². The Kier molecular flexibility index (Phi) is 4.62. The Morgan fingerprint density at radius 3 is 3.00 bits per heavy atom. The Balaban J connectivity index is 2.75. The number of methoxy groups -OCH3 is 1. The van der Waals surface area contributed by atoms with Crippen LogP contribution < -0.4 is 5.32 Å². The van der Waals surface area contributed by atoms with Crippen LogP contribution in [0.4, 0.5) is 0 Å². The van der Waals surface area contributed by atoms with Crippen LogP contribution in [0.1, 0.15) is 18.8 Å². The van der Waals surface area contributed by atoms with Crippen molar-refractivity contribution in [2.75, 3.05) is 27.3 Å². The van der Waals surface area contributed by atoms with Crippen molar-refractivity contribution in [2.45, 2.75) is 19.4 Å². The minimum atomic E-state index is 0.336. The first kappa shape index (κ1) is 11.2. The molecule has 0 spiro atoms. The molecule has 1 unspecified atom stereocenters. The first-order chi connectivity index (χ1) is 6.83. The monoisotopic (exact) mass is 197 g/mol. The molecule has 14 heavy (non-hydrogen) atoms. The molecule has 4 nitrogen and oxygen atoms in total. The summed E-state index contributed by atoms with van der Waals surface area (Å²) in [4.78, 5) is 4.30. The van der Waals surface area contributed by atoms with Crippen LogP contribution in [0.2, 0.25) is 0 Å². The van der Waals surface area contributed by atoms with Gasteiger partial charge in [-0.1, -0.05) is 6.92 Å². The average molecular weight is 197 g/mol. The van der Waals surface area contributed by atoms with Gasteiger partial charge in [0, 0.05) is 32.5 Å². The number of aromatic nitrogens is 2. The van der Waals surface area contributed by atoms with Gasteiger partial charge in [0.1, 0.15) is 5.82 Å². The zero-order valence-corrected chi connectivity index (χ0v) is 9.16. The second kappa shape index (κ2) is 5.78. The number of rotatable bonds is 6. The minimum absolute atomic E-state index is 0.336. The van der Waals surface area contributed by atoms with Crippen LogP contribution in [0.15, 0.2) is 12.4 Å². The average Bonchev–Trinajstić information content (AvgIpc) is 2.65. The lowest BCUT2D eigenvalue weighted by atomic mass is 10.3. The van der Waals surface area contributed by atoms with E-state index < -0.39 is 0 Å². The van der Waals surface area contributed by atoms with Gasteiger partial charge in [-0.25, -0.2) is 4.98 Å². The van der Waals surface area contributed by atoms with E-state index in [-0.39, 0.29) is 0 Å². The van der Waals surface area contributed by atoms with E-state index in [0.29, 0.717) is 12.6 Å². The molecule has 1 heterocycles. The fourth-order valence-corrected chi connectivity index (χ4v) is 1.62. The molecule has 0 aliphatic rings. The van der Waals surface area contributed by atoms with Crippen LogP contribution in [0, 0.1) is 0 Å². The van der Waals surface area contributed by atoms with E-state index in [1.54, 1.807) is 7.11 Å². The van der Waals surface area contributed by atoms with E-state index in [0.717, 1.165) is 18.8 Å². The fraction of sp³-hybridized carbons (Fsp3) is 0.700. The lowest BCUT2D eigenvalue weighted by Crippen LogP contribution is -2.26. The number of ether oxygens (including phenoxy) is 1. The molecular weight excluding hydrogens is 178 g/mol. The highest BCUT2D eigenvalue weighted by atomic mass is 16.5. The van der Waals surface area contributed by atoms with E-state index in [4.69, 9.17) is 4.74 Å². The van der Waals surface area contributed by atoms with Crippen LogP contribution in [-0.4, -0.2) is 36.9 Å². The van der Waals surface area contributed by atoms with Crippen molar-refractivity contribution in [2.24, 2.45) is 0 Å². The van der Waals surface area contributed by atoms with Gasteiger partial charge in [-0.3, -0.25) is 0 Å². The predicted molar refractivity (Wildman–Crippen MR) is 56.4 cm³/mol. The molecule has 1 rings (SSSR count). The van der Waals surface area contributed by atoms with Gasteiger partial charge in [0.2, 0.25) is 0 Å². The van der Waals surface area contributed by atoms with Crippen LogP contribution in [0.3, 0.4) is 0 Å². The zero-order chi connectivity index (χ0) is 10.4. The maximum atomic E-state index is 5.19. The summed E-state index contributed by atoms with van der Waals surface area (Å²) in [5.74, 6) is 1.11. The van der Waals surface area contributed by atoms with Crippen LogP contribution in [0.5, 0.6) is 0 Å². The molecular formula is C10H19N3O. The third-order valence-corrected chi connectivity index (χ3v) is 2.26. The lowest BCUT2D eigenvalue weighted by Gasteiger charge is -2.19. The predicted octanol–water partition coefficient (Wildman–Crippen LogP) is 0.852. The van der Waals surface area contributed by atoms with Gasteiger partial charge in [0.25, 0.3) is 0 Å². The van der Waals surface area contributed by atoms with Gasteiger partial charge in [0.05, 0.1) is 12.6 Å². The zero-order valence-electron chi connectivity index (χ0n) is 9.16. The molecule has 0 amide bonds. The molecule has 1 atom stereocenters. The van der Waals surface area contributed by atoms with Gasteiger partial charge in [0.15, 0.2) is 0 Å². The Morgan fingerprint density at radius 1 is 1.64 bits per heavy atom. The molecule has 0 aliphatic carbocycles. The summed E-state index contributed by atoms with van der Waals surface area (Å²) < 4.78 is 7.37. The number of likely N-dealkylation sites (N-methyl/N-ethyl adjacent to an activating group) is 1. The van der Waals surface area contributed by atoms with Gasteiger partial charge < -0.3 is 14.6 Å². The molecule has 0 bridgehead atoms. The SMILES string of the molecule is CCc1nccn1C(CNC)COC. The molecule has 80 valence electrons. The molecule has 1 aromatic heterocycles. The summed E-state index contributed by atoms with van der Waals surface area (Å²) in [5.41, 5.74) is 0. The number of aryl methyl sites for hydroxylation is 1. The van der Waals surface area contributed by atoms with Crippen molar-refractivity contribution in [3.63, 3.8) is 0 Å². The first-order valence-corrected chi connectivity index (χ1v) is 4.98. The second-order valence-corrected chi connectivity index (χ2v) is 3.27. The van der Waals surface area contributed by atoms with Gasteiger partial charge in [-0.2, -0.15) is 0 Å². The summed E-state index contributed by atoms with van der Waals surface area (Å²) in [6, 6.07) is 0.336. The quantitative estimate of drug-likeness (QED) is 0.735. The maximum absolute atomic E-state index is 5.19. The minimum Gasteiger partial charge on any atom is -0.382 e. The molecule has 0 radical (unpaired) electrons. The Labute approximate surface area is 85.3 Å². The number of hydrogen-bond acceptors (Lipinski definition) is 3. The molecule has 0 fully saturated rings. The smallest absolute Gasteiger partial charge is 0.108 e. The Hall–Kier alpha value is -0.870. The summed E-state index contributed by atoms with van der Waals surface area (Å²) in [6.07, 6.45) is 4.81. The molecule has 0 aliphatic heterocycles. The van der Waals surface area contributed by atoms with E-state index in [1.165, 1.54) is 0 Å². The van der Waals surface area contributed by atoms with Crippen molar-refractivity contribution in [1.29, 1.82) is 0 Å². The second-order valence-electron chi connectivity index (χ2n) is 3.27. The summed E-state index contributed by atoms with van der Waals surface area (Å²) in [7, 11) is 3.68. The lowest BCUT2D eigenvalue weighted by molar-refractivity contribution is 0.153. The molecule has 1 N–H and O–H groups in total. The third-order valence-electron chi connectivity index (χ3n) is 2.26. The molecule has 0 saturated carbocycles. The number of nitrogens with one attached hydrogen (secondary N) is 1. The largest absolute Gasteiger partial charge is 0.382 e. The normalized spacial score (nSPS) is 13.1. The standard InChI is InChI=1S/C10H19N3O/c1-4-10-12-5-6-13(10)9(7-11-2)8-14-3/h5-6,9,11H,4,7-8H2,1-3H3. The highest BCUT2D eigenvalue weighted by molar-refractivity contribution is 4.95. The van der Waals surface area contributed by atoms with Crippen LogP contribution in [0.25, 0.3) is 0 Å². The first-order valence-electron chi connectivity index (χ1n) is 4.98. The van der Waals surface area contributed by atoms with Crippen molar-refractivity contribution in [3.05, 3.63) is 18.2 Å². The van der Waals surface area contributed by atoms with Crippen molar-refractivity contribution >= 4 is 0 Å². The van der Waals surface area contributed by atoms with Crippen LogP contribution >= 0.6 is 0 Å². The highest BCUT2D eigenvalue weighted by Crippen LogP contribution is 2.09. The summed E-state index contributed by atoms with van der Waals surface area (Å²) in [6.45, 7) is 3.73. The molecule has 4 heteroatoms. The Bertz CT molecular complexity index is 254. The van der Waals surface area contributed by atoms with E-state index in [1.807, 2.05) is 19.4 Å². The number of hydrogen-bond donors (Lipinski definition) is 1. The van der Waals surface area contributed by atoms with E-state index >= 15 is 0 Å². The molecule has 1 aromatic rings.